The lowest BCUT2D eigenvalue weighted by molar-refractivity contribution is -0.140. The minimum absolute atomic E-state index is 0.0273. The molecule has 4 atom stereocenters. The number of aromatic nitrogens is 1. The summed E-state index contributed by atoms with van der Waals surface area (Å²) in [7, 11) is 1.43. The number of methoxy groups -OCH3 is 1. The fraction of sp³-hybridized carbons (Fsp3) is 0.645. The number of oxazole rings is 1. The molecule has 1 saturated carbocycles. The van der Waals surface area contributed by atoms with Gasteiger partial charge in [-0.1, -0.05) is 69.2 Å². The van der Waals surface area contributed by atoms with Crippen LogP contribution in [0.15, 0.2) is 34.9 Å². The van der Waals surface area contributed by atoms with Crippen molar-refractivity contribution in [3.05, 3.63) is 53.2 Å². The number of nitrogens with zero attached hydrogens (tertiary/aromatic N) is 1. The quantitative estimate of drug-likeness (QED) is 0.281. The molecule has 2 saturated heterocycles. The van der Waals surface area contributed by atoms with E-state index < -0.39 is 0 Å². The topological polar surface area (TPSA) is 90.7 Å². The molecule has 3 aliphatic rings. The van der Waals surface area contributed by atoms with E-state index in [4.69, 9.17) is 13.9 Å². The molecule has 2 aliphatic heterocycles. The molecule has 2 aromatic rings. The first-order valence-electron chi connectivity index (χ1n) is 14.6. The van der Waals surface area contributed by atoms with Gasteiger partial charge >= 0.3 is 5.97 Å². The SMILES string of the molecule is COC(=O)CCc1ccccc1C[C@@H]1[C@H](c2nc(C(=O)NCCCCC3CCCCC3)co2)[C@H]2CC[C@@H]1O2. The molecule has 3 fully saturated rings. The Morgan fingerprint density at radius 3 is 2.63 bits per heavy atom. The Morgan fingerprint density at radius 1 is 1.03 bits per heavy atom. The third-order valence-electron chi connectivity index (χ3n) is 8.91. The van der Waals surface area contributed by atoms with E-state index >= 15 is 0 Å². The van der Waals surface area contributed by atoms with Crippen LogP contribution in [0.3, 0.4) is 0 Å². The summed E-state index contributed by atoms with van der Waals surface area (Å²) >= 11 is 0. The Hall–Kier alpha value is -2.67. The van der Waals surface area contributed by atoms with Crippen molar-refractivity contribution in [1.82, 2.24) is 10.3 Å². The predicted molar refractivity (Wildman–Crippen MR) is 144 cm³/mol. The van der Waals surface area contributed by atoms with Crippen LogP contribution in [0.1, 0.15) is 104 Å². The van der Waals surface area contributed by atoms with Crippen LogP contribution in [-0.4, -0.2) is 42.7 Å². The molecule has 3 heterocycles. The van der Waals surface area contributed by atoms with E-state index in [0.29, 0.717) is 31.0 Å². The van der Waals surface area contributed by atoms with Crippen LogP contribution >= 0.6 is 0 Å². The summed E-state index contributed by atoms with van der Waals surface area (Å²) < 4.78 is 17.1. The van der Waals surface area contributed by atoms with Crippen molar-refractivity contribution in [2.45, 2.75) is 102 Å². The summed E-state index contributed by atoms with van der Waals surface area (Å²) in [5.41, 5.74) is 2.74. The maximum atomic E-state index is 12.8. The normalized spacial score (nSPS) is 25.0. The van der Waals surface area contributed by atoms with Crippen molar-refractivity contribution in [1.29, 1.82) is 0 Å². The smallest absolute Gasteiger partial charge is 0.305 e. The van der Waals surface area contributed by atoms with E-state index in [2.05, 4.69) is 22.4 Å². The minimum Gasteiger partial charge on any atom is -0.469 e. The number of fused-ring (bicyclic) bond motifs is 2. The molecule has 38 heavy (non-hydrogen) atoms. The second-order valence-electron chi connectivity index (χ2n) is 11.4. The molecule has 0 spiro atoms. The van der Waals surface area contributed by atoms with Gasteiger partial charge in [0.15, 0.2) is 5.69 Å². The Balaban J connectivity index is 1.17. The number of carbonyl (C=O) groups is 2. The van der Waals surface area contributed by atoms with Gasteiger partial charge in [0.05, 0.1) is 25.2 Å². The average molecular weight is 523 g/mol. The summed E-state index contributed by atoms with van der Waals surface area (Å²) in [4.78, 5) is 29.1. The molecule has 206 valence electrons. The molecule has 1 aliphatic carbocycles. The highest BCUT2D eigenvalue weighted by Gasteiger charge is 2.51. The fourth-order valence-electron chi connectivity index (χ4n) is 6.84. The number of hydrogen-bond donors (Lipinski definition) is 1. The molecule has 0 unspecified atom stereocenters. The second-order valence-corrected chi connectivity index (χ2v) is 11.4. The van der Waals surface area contributed by atoms with Crippen molar-refractivity contribution < 1.29 is 23.5 Å². The maximum absolute atomic E-state index is 12.8. The van der Waals surface area contributed by atoms with E-state index in [9.17, 15) is 9.59 Å². The van der Waals surface area contributed by atoms with Gasteiger partial charge in [0, 0.05) is 18.9 Å². The Bertz CT molecular complexity index is 1080. The van der Waals surface area contributed by atoms with Crippen molar-refractivity contribution in [2.75, 3.05) is 13.7 Å². The minimum atomic E-state index is -0.198. The van der Waals surface area contributed by atoms with Crippen molar-refractivity contribution in [2.24, 2.45) is 11.8 Å². The third kappa shape index (κ3) is 6.48. The monoisotopic (exact) mass is 522 g/mol. The molecule has 1 aromatic carbocycles. The first-order valence-corrected chi connectivity index (χ1v) is 14.6. The van der Waals surface area contributed by atoms with Crippen LogP contribution in [0.5, 0.6) is 0 Å². The first kappa shape index (κ1) is 26.9. The number of carbonyl (C=O) groups excluding carboxylic acids is 2. The van der Waals surface area contributed by atoms with Gasteiger partial charge in [-0.2, -0.15) is 0 Å². The van der Waals surface area contributed by atoms with E-state index in [1.54, 1.807) is 0 Å². The first-order chi connectivity index (χ1) is 18.6. The van der Waals surface area contributed by atoms with Gasteiger partial charge in [-0.15, -0.1) is 0 Å². The van der Waals surface area contributed by atoms with Crippen LogP contribution in [0.2, 0.25) is 0 Å². The largest absolute Gasteiger partial charge is 0.469 e. The Labute approximate surface area is 226 Å². The molecule has 1 N–H and O–H groups in total. The molecule has 7 nitrogen and oxygen atoms in total. The molecule has 2 bridgehead atoms. The standard InChI is InChI=1S/C31H42N2O5/c1-36-28(34)17-14-22-12-5-6-13-23(22)19-24-26-15-16-27(38-26)29(24)31-33-25(20-37-31)30(35)32-18-8-7-11-21-9-3-2-4-10-21/h5-6,12-13,20-21,24,26-27,29H,2-4,7-11,14-19H2,1H3,(H,32,35)/t24-,26-,27+,29-/m0/s1. The zero-order valence-electron chi connectivity index (χ0n) is 22.7. The van der Waals surface area contributed by atoms with Gasteiger partial charge < -0.3 is 19.2 Å². The summed E-state index contributed by atoms with van der Waals surface area (Å²) in [6, 6.07) is 8.28. The van der Waals surface area contributed by atoms with Crippen LogP contribution in [0.4, 0.5) is 0 Å². The number of unbranched alkanes of at least 4 members (excludes halogenated alkanes) is 1. The lowest BCUT2D eigenvalue weighted by Crippen LogP contribution is -2.28. The van der Waals surface area contributed by atoms with Gasteiger partial charge in [-0.25, -0.2) is 4.98 Å². The summed E-state index contributed by atoms with van der Waals surface area (Å²) in [6.07, 6.45) is 16.0. The predicted octanol–water partition coefficient (Wildman–Crippen LogP) is 5.76. The number of hydrogen-bond acceptors (Lipinski definition) is 6. The Kier molecular flexibility index (Phi) is 9.15. The highest BCUT2D eigenvalue weighted by Crippen LogP contribution is 2.50. The van der Waals surface area contributed by atoms with Gasteiger partial charge in [0.25, 0.3) is 5.91 Å². The van der Waals surface area contributed by atoms with Gasteiger partial charge in [-0.05, 0) is 49.1 Å². The molecule has 5 rings (SSSR count). The summed E-state index contributed by atoms with van der Waals surface area (Å²) in [5.74, 6) is 1.38. The highest BCUT2D eigenvalue weighted by molar-refractivity contribution is 5.91. The summed E-state index contributed by atoms with van der Waals surface area (Å²) in [5, 5.41) is 3.03. The van der Waals surface area contributed by atoms with Gasteiger partial charge in [0.2, 0.25) is 5.89 Å². The van der Waals surface area contributed by atoms with Crippen molar-refractivity contribution in [3.8, 4) is 0 Å². The fourth-order valence-corrected chi connectivity index (χ4v) is 6.84. The lowest BCUT2D eigenvalue weighted by atomic mass is 9.75. The van der Waals surface area contributed by atoms with Crippen molar-refractivity contribution in [3.63, 3.8) is 0 Å². The highest BCUT2D eigenvalue weighted by atomic mass is 16.5. The van der Waals surface area contributed by atoms with E-state index in [1.165, 1.54) is 63.9 Å². The molecule has 0 radical (unpaired) electrons. The second kappa shape index (κ2) is 12.9. The molecule has 1 aromatic heterocycles. The Morgan fingerprint density at radius 2 is 1.82 bits per heavy atom. The zero-order valence-corrected chi connectivity index (χ0v) is 22.7. The molecule has 7 heteroatoms. The number of esters is 1. The van der Waals surface area contributed by atoms with Crippen molar-refractivity contribution >= 4 is 11.9 Å². The number of ether oxygens (including phenoxy) is 2. The molecular weight excluding hydrogens is 480 g/mol. The number of nitrogens with one attached hydrogen (secondary N) is 1. The number of rotatable bonds is 12. The zero-order chi connectivity index (χ0) is 26.3. The lowest BCUT2D eigenvalue weighted by Gasteiger charge is -2.26. The van der Waals surface area contributed by atoms with Crippen LogP contribution < -0.4 is 5.32 Å². The summed E-state index contributed by atoms with van der Waals surface area (Å²) in [6.45, 7) is 0.677. The van der Waals surface area contributed by atoms with Gasteiger partial charge in [0.1, 0.15) is 6.26 Å². The van der Waals surface area contributed by atoms with Crippen LogP contribution in [0, 0.1) is 11.8 Å². The molecule has 1 amide bonds. The van der Waals surface area contributed by atoms with Gasteiger partial charge in [-0.3, -0.25) is 9.59 Å². The number of benzene rings is 1. The molecular formula is C31H42N2O5. The van der Waals surface area contributed by atoms with Crippen LogP contribution in [0.25, 0.3) is 0 Å². The third-order valence-corrected chi connectivity index (χ3v) is 8.91. The average Bonchev–Trinajstić information content (AvgIpc) is 3.70. The number of amides is 1. The van der Waals surface area contributed by atoms with E-state index in [0.717, 1.165) is 37.2 Å². The van der Waals surface area contributed by atoms with E-state index in [-0.39, 0.29) is 35.9 Å². The van der Waals surface area contributed by atoms with E-state index in [1.807, 2.05) is 12.1 Å². The maximum Gasteiger partial charge on any atom is 0.305 e. The van der Waals surface area contributed by atoms with Crippen LogP contribution in [-0.2, 0) is 27.1 Å². The number of aryl methyl sites for hydroxylation is 1.